The molecule has 3 aromatic rings. The fourth-order valence-electron chi connectivity index (χ4n) is 2.78. The molecule has 0 spiro atoms. The zero-order valence-corrected chi connectivity index (χ0v) is 13.3. The second kappa shape index (κ2) is 6.64. The normalized spacial score (nSPS) is 15.3. The second-order valence-corrected chi connectivity index (χ2v) is 5.71. The Hall–Kier alpha value is -3.35. The number of anilines is 1. The summed E-state index contributed by atoms with van der Waals surface area (Å²) in [6.45, 7) is 0.434. The number of para-hydroxylation sites is 1. The number of nitrogens with zero attached hydrogens (tertiary/aromatic N) is 2. The molecule has 0 bridgehead atoms. The third kappa shape index (κ3) is 3.45. The molecule has 126 valence electrons. The van der Waals surface area contributed by atoms with Gasteiger partial charge < -0.3 is 19.8 Å². The van der Waals surface area contributed by atoms with Crippen molar-refractivity contribution in [2.24, 2.45) is 0 Å². The third-order valence-electron chi connectivity index (χ3n) is 3.93. The van der Waals surface area contributed by atoms with Crippen molar-refractivity contribution in [2.45, 2.75) is 12.5 Å². The van der Waals surface area contributed by atoms with Crippen LogP contribution in [0.15, 0.2) is 59.3 Å². The van der Waals surface area contributed by atoms with Crippen molar-refractivity contribution in [1.82, 2.24) is 15.5 Å². The van der Waals surface area contributed by atoms with E-state index in [9.17, 15) is 4.79 Å². The molecular formula is C18H16N4O3. The number of nitrogens with one attached hydrogen (secondary N) is 2. The molecule has 1 aliphatic heterocycles. The largest absolute Gasteiger partial charge is 0.488 e. The van der Waals surface area contributed by atoms with Crippen LogP contribution >= 0.6 is 0 Å². The maximum Gasteiger partial charge on any atom is 0.319 e. The Morgan fingerprint density at radius 1 is 1.20 bits per heavy atom. The summed E-state index contributed by atoms with van der Waals surface area (Å²) in [6.07, 6.45) is 2.01. The van der Waals surface area contributed by atoms with E-state index in [1.54, 1.807) is 12.1 Å². The number of rotatable bonds is 4. The van der Waals surface area contributed by atoms with E-state index < -0.39 is 0 Å². The number of carbonyl (C=O) groups excluding carboxylic acids is 1. The van der Waals surface area contributed by atoms with Gasteiger partial charge in [0.05, 0.1) is 6.54 Å². The quantitative estimate of drug-likeness (QED) is 0.765. The van der Waals surface area contributed by atoms with Gasteiger partial charge in [0.1, 0.15) is 11.9 Å². The summed E-state index contributed by atoms with van der Waals surface area (Å²) >= 11 is 0. The molecule has 0 radical (unpaired) electrons. The van der Waals surface area contributed by atoms with Crippen molar-refractivity contribution < 1.29 is 13.9 Å². The number of urea groups is 1. The summed E-state index contributed by atoms with van der Waals surface area (Å²) in [5.41, 5.74) is 2.55. The van der Waals surface area contributed by atoms with Gasteiger partial charge in [-0.25, -0.2) is 4.79 Å². The molecule has 7 heteroatoms. The number of aromatic nitrogens is 2. The van der Waals surface area contributed by atoms with Crippen LogP contribution < -0.4 is 15.4 Å². The van der Waals surface area contributed by atoms with Crippen LogP contribution in [0.3, 0.4) is 0 Å². The van der Waals surface area contributed by atoms with Gasteiger partial charge in [0.2, 0.25) is 12.3 Å². The van der Waals surface area contributed by atoms with Gasteiger partial charge in [-0.2, -0.15) is 0 Å². The van der Waals surface area contributed by atoms with Gasteiger partial charge in [-0.15, -0.1) is 10.2 Å². The molecule has 4 rings (SSSR count). The Kier molecular flexibility index (Phi) is 4.04. The summed E-state index contributed by atoms with van der Waals surface area (Å²) in [5.74, 6) is 1.29. The smallest absolute Gasteiger partial charge is 0.319 e. The van der Waals surface area contributed by atoms with E-state index in [1.807, 2.05) is 36.4 Å². The molecule has 2 N–H and O–H groups in total. The molecule has 1 aliphatic rings. The maximum atomic E-state index is 12.1. The lowest BCUT2D eigenvalue weighted by Gasteiger charge is -2.13. The summed E-state index contributed by atoms with van der Waals surface area (Å²) in [5, 5.41) is 13.1. The third-order valence-corrected chi connectivity index (χ3v) is 3.93. The first kappa shape index (κ1) is 15.2. The van der Waals surface area contributed by atoms with Gasteiger partial charge in [0.15, 0.2) is 0 Å². The highest BCUT2D eigenvalue weighted by Crippen LogP contribution is 2.27. The van der Waals surface area contributed by atoms with E-state index in [0.29, 0.717) is 18.1 Å². The van der Waals surface area contributed by atoms with E-state index in [4.69, 9.17) is 9.15 Å². The Morgan fingerprint density at radius 3 is 2.96 bits per heavy atom. The van der Waals surface area contributed by atoms with E-state index in [2.05, 4.69) is 20.8 Å². The molecule has 7 nitrogen and oxygen atoms in total. The van der Waals surface area contributed by atoms with Gasteiger partial charge in [0, 0.05) is 17.7 Å². The van der Waals surface area contributed by atoms with Gasteiger partial charge in [-0.05, 0) is 29.8 Å². The predicted molar refractivity (Wildman–Crippen MR) is 91.3 cm³/mol. The predicted octanol–water partition coefficient (Wildman–Crippen LogP) is 2.86. The second-order valence-electron chi connectivity index (χ2n) is 5.71. The van der Waals surface area contributed by atoms with Crippen LogP contribution in [0.5, 0.6) is 5.75 Å². The van der Waals surface area contributed by atoms with Crippen LogP contribution in [0.4, 0.5) is 10.5 Å². The zero-order chi connectivity index (χ0) is 17.1. The Morgan fingerprint density at radius 2 is 2.12 bits per heavy atom. The fraction of sp³-hybridized carbons (Fsp3) is 0.167. The molecule has 0 saturated heterocycles. The van der Waals surface area contributed by atoms with Gasteiger partial charge in [-0.1, -0.05) is 24.3 Å². The lowest BCUT2D eigenvalue weighted by Crippen LogP contribution is -2.37. The topological polar surface area (TPSA) is 89.3 Å². The molecule has 2 aromatic carbocycles. The molecular weight excluding hydrogens is 320 g/mol. The highest BCUT2D eigenvalue weighted by molar-refractivity contribution is 5.89. The molecule has 2 amide bonds. The first-order chi connectivity index (χ1) is 12.3. The molecule has 1 atom stereocenters. The molecule has 0 saturated carbocycles. The minimum Gasteiger partial charge on any atom is -0.488 e. The van der Waals surface area contributed by atoms with Crippen LogP contribution in [-0.2, 0) is 6.42 Å². The highest BCUT2D eigenvalue weighted by atomic mass is 16.5. The monoisotopic (exact) mass is 336 g/mol. The van der Waals surface area contributed by atoms with Crippen molar-refractivity contribution in [3.05, 3.63) is 60.5 Å². The lowest BCUT2D eigenvalue weighted by molar-refractivity contribution is 0.219. The fourth-order valence-corrected chi connectivity index (χ4v) is 2.78. The van der Waals surface area contributed by atoms with Gasteiger partial charge in [0.25, 0.3) is 0 Å². The van der Waals surface area contributed by atoms with E-state index in [0.717, 1.165) is 17.7 Å². The minimum atomic E-state index is -0.290. The average Bonchev–Trinajstić information content (AvgIpc) is 3.29. The van der Waals surface area contributed by atoms with Crippen molar-refractivity contribution in [3.8, 4) is 17.2 Å². The first-order valence-corrected chi connectivity index (χ1v) is 7.94. The molecule has 2 heterocycles. The minimum absolute atomic E-state index is 0.0483. The molecule has 0 unspecified atom stereocenters. The number of fused-ring (bicyclic) bond motifs is 1. The van der Waals surface area contributed by atoms with Crippen molar-refractivity contribution in [3.63, 3.8) is 0 Å². The maximum absolute atomic E-state index is 12.1. The van der Waals surface area contributed by atoms with Crippen LogP contribution in [0.25, 0.3) is 11.5 Å². The summed E-state index contributed by atoms with van der Waals surface area (Å²) in [7, 11) is 0. The Labute approximate surface area is 144 Å². The summed E-state index contributed by atoms with van der Waals surface area (Å²) < 4.78 is 11.0. The SMILES string of the molecule is O=C(NC[C@@H]1Cc2ccccc2O1)Nc1cccc(-c2nnco2)c1. The summed E-state index contributed by atoms with van der Waals surface area (Å²) in [6, 6.07) is 14.8. The lowest BCUT2D eigenvalue weighted by atomic mass is 10.1. The number of carbonyl (C=O) groups is 1. The summed E-state index contributed by atoms with van der Waals surface area (Å²) in [4.78, 5) is 12.1. The first-order valence-electron chi connectivity index (χ1n) is 7.94. The van der Waals surface area contributed by atoms with E-state index >= 15 is 0 Å². The van der Waals surface area contributed by atoms with Crippen LogP contribution in [0.2, 0.25) is 0 Å². The van der Waals surface area contributed by atoms with Crippen LogP contribution in [-0.4, -0.2) is 28.9 Å². The Balaban J connectivity index is 1.32. The van der Waals surface area contributed by atoms with E-state index in [1.165, 1.54) is 12.0 Å². The van der Waals surface area contributed by atoms with Crippen molar-refractivity contribution in [1.29, 1.82) is 0 Å². The van der Waals surface area contributed by atoms with Crippen LogP contribution in [0, 0.1) is 0 Å². The van der Waals surface area contributed by atoms with Crippen molar-refractivity contribution >= 4 is 11.7 Å². The molecule has 25 heavy (non-hydrogen) atoms. The molecule has 1 aromatic heterocycles. The van der Waals surface area contributed by atoms with Crippen molar-refractivity contribution in [2.75, 3.05) is 11.9 Å². The van der Waals surface area contributed by atoms with E-state index in [-0.39, 0.29) is 12.1 Å². The molecule has 0 aliphatic carbocycles. The standard InChI is InChI=1S/C18H16N4O3/c23-18(19-10-15-9-12-4-1-2-7-16(12)25-15)21-14-6-3-5-13(8-14)17-22-20-11-24-17/h1-8,11,15H,9-10H2,(H2,19,21,23)/t15-/m0/s1. The number of hydrogen-bond donors (Lipinski definition) is 2. The van der Waals surface area contributed by atoms with Gasteiger partial charge in [-0.3, -0.25) is 0 Å². The Bertz CT molecular complexity index is 855. The number of hydrogen-bond acceptors (Lipinski definition) is 5. The highest BCUT2D eigenvalue weighted by Gasteiger charge is 2.22. The zero-order valence-electron chi connectivity index (χ0n) is 13.3. The number of benzene rings is 2. The van der Waals surface area contributed by atoms with Gasteiger partial charge >= 0.3 is 6.03 Å². The average molecular weight is 336 g/mol. The number of amides is 2. The number of ether oxygens (including phenoxy) is 1. The molecule has 0 fully saturated rings. The van der Waals surface area contributed by atoms with Crippen LogP contribution in [0.1, 0.15) is 5.56 Å².